The second-order valence-electron chi connectivity index (χ2n) is 2.52. The lowest BCUT2D eigenvalue weighted by atomic mass is 10.3. The van der Waals surface area contributed by atoms with Crippen molar-refractivity contribution in [2.45, 2.75) is 19.4 Å². The normalized spacial score (nSPS) is 9.43. The van der Waals surface area contributed by atoms with Crippen molar-refractivity contribution in [1.29, 1.82) is 0 Å². The number of hydrogen-bond donors (Lipinski definition) is 1. The molecule has 0 amide bonds. The smallest absolute Gasteiger partial charge is 0.303 e. The number of aliphatic carboxylic acids is 1. The lowest BCUT2D eigenvalue weighted by Crippen LogP contribution is -1.97. The van der Waals surface area contributed by atoms with Crippen LogP contribution in [0.4, 0.5) is 0 Å². The number of hydrogen-bond acceptors (Lipinski definition) is 4. The number of aryl methyl sites for hydroxylation is 1. The quantitative estimate of drug-likeness (QED) is 0.458. The van der Waals surface area contributed by atoms with Gasteiger partial charge in [0.25, 0.3) is 0 Å². The van der Waals surface area contributed by atoms with Crippen LogP contribution >= 0.6 is 11.3 Å². The number of aromatic nitrogens is 1. The van der Waals surface area contributed by atoms with Crippen LogP contribution in [0.3, 0.4) is 0 Å². The highest BCUT2D eigenvalue weighted by atomic mass is 32.1. The van der Waals surface area contributed by atoms with Crippen molar-refractivity contribution in [2.75, 3.05) is 0 Å². The first-order valence-electron chi connectivity index (χ1n) is 3.88. The molecule has 0 aliphatic heterocycles. The number of thiazole rings is 1. The molecule has 74 valence electrons. The summed E-state index contributed by atoms with van der Waals surface area (Å²) in [5.41, 5.74) is 8.75. The van der Waals surface area contributed by atoms with Crippen molar-refractivity contribution in [3.63, 3.8) is 0 Å². The molecule has 1 aromatic rings. The highest BCUT2D eigenvalue weighted by molar-refractivity contribution is 7.09. The predicted octanol–water partition coefficient (Wildman–Crippen LogP) is 1.97. The molecule has 0 atom stereocenters. The summed E-state index contributed by atoms with van der Waals surface area (Å²) in [7, 11) is 0. The Hall–Kier alpha value is -1.59. The number of rotatable bonds is 5. The van der Waals surface area contributed by atoms with Crippen LogP contribution in [0, 0.1) is 0 Å². The third kappa shape index (κ3) is 3.42. The molecule has 6 nitrogen and oxygen atoms in total. The van der Waals surface area contributed by atoms with Gasteiger partial charge in [-0.2, -0.15) is 0 Å². The average Bonchev–Trinajstić information content (AvgIpc) is 2.59. The van der Waals surface area contributed by atoms with Crippen molar-refractivity contribution in [3.8, 4) is 0 Å². The van der Waals surface area contributed by atoms with Crippen molar-refractivity contribution >= 4 is 17.3 Å². The Kier molecular flexibility index (Phi) is 3.90. The van der Waals surface area contributed by atoms with Gasteiger partial charge in [0.15, 0.2) is 0 Å². The Morgan fingerprint density at radius 1 is 1.79 bits per heavy atom. The van der Waals surface area contributed by atoms with E-state index in [-0.39, 0.29) is 13.0 Å². The molecule has 0 radical (unpaired) electrons. The molecule has 1 aromatic heterocycles. The van der Waals surface area contributed by atoms with E-state index >= 15 is 0 Å². The van der Waals surface area contributed by atoms with Crippen LogP contribution in [0.5, 0.6) is 0 Å². The standard InChI is InChI=1S/C7H8N4O2S/c8-11-9-3-5-4-14-6(10-5)1-2-7(12)13/h4H,1-3H2,(H,12,13). The zero-order chi connectivity index (χ0) is 10.4. The first kappa shape index (κ1) is 10.5. The lowest BCUT2D eigenvalue weighted by molar-refractivity contribution is -0.136. The molecule has 0 saturated carbocycles. The Morgan fingerprint density at radius 2 is 2.57 bits per heavy atom. The highest BCUT2D eigenvalue weighted by Gasteiger charge is 2.03. The molecule has 0 unspecified atom stereocenters. The summed E-state index contributed by atoms with van der Waals surface area (Å²) in [6, 6.07) is 0. The molecular weight excluding hydrogens is 204 g/mol. The fraction of sp³-hybridized carbons (Fsp3) is 0.429. The maximum atomic E-state index is 10.3. The molecule has 7 heteroatoms. The van der Waals surface area contributed by atoms with Crippen LogP contribution in [0.25, 0.3) is 10.4 Å². The maximum absolute atomic E-state index is 10.3. The molecule has 14 heavy (non-hydrogen) atoms. The minimum absolute atomic E-state index is 0.0778. The zero-order valence-electron chi connectivity index (χ0n) is 7.25. The molecule has 1 heterocycles. The topological polar surface area (TPSA) is 99.0 Å². The monoisotopic (exact) mass is 212 g/mol. The van der Waals surface area contributed by atoms with Gasteiger partial charge in [0.2, 0.25) is 0 Å². The zero-order valence-corrected chi connectivity index (χ0v) is 8.07. The third-order valence-electron chi connectivity index (χ3n) is 1.45. The molecule has 0 aromatic carbocycles. The van der Waals surface area contributed by atoms with E-state index in [1.165, 1.54) is 11.3 Å². The van der Waals surface area contributed by atoms with Crippen LogP contribution in [0.2, 0.25) is 0 Å². The molecule has 1 N–H and O–H groups in total. The van der Waals surface area contributed by atoms with Crippen LogP contribution in [-0.2, 0) is 17.8 Å². The minimum atomic E-state index is -0.836. The summed E-state index contributed by atoms with van der Waals surface area (Å²) in [4.78, 5) is 17.0. The number of nitrogens with zero attached hydrogens (tertiary/aromatic N) is 4. The van der Waals surface area contributed by atoms with Gasteiger partial charge in [0.1, 0.15) is 0 Å². The Bertz CT molecular complexity index is 370. The van der Waals surface area contributed by atoms with E-state index < -0.39 is 5.97 Å². The minimum Gasteiger partial charge on any atom is -0.481 e. The molecule has 0 aliphatic rings. The second-order valence-corrected chi connectivity index (χ2v) is 3.46. The number of azide groups is 1. The van der Waals surface area contributed by atoms with Crippen molar-refractivity contribution < 1.29 is 9.90 Å². The van der Waals surface area contributed by atoms with Crippen molar-refractivity contribution in [1.82, 2.24) is 4.98 Å². The molecule has 0 saturated heterocycles. The summed E-state index contributed by atoms with van der Waals surface area (Å²) in [6.45, 7) is 0.222. The second kappa shape index (κ2) is 5.21. The van der Waals surface area contributed by atoms with E-state index in [1.54, 1.807) is 5.38 Å². The van der Waals surface area contributed by atoms with Gasteiger partial charge >= 0.3 is 5.97 Å². The fourth-order valence-electron chi connectivity index (χ4n) is 0.854. The molecule has 1 rings (SSSR count). The Morgan fingerprint density at radius 3 is 3.21 bits per heavy atom. The highest BCUT2D eigenvalue weighted by Crippen LogP contribution is 2.12. The molecular formula is C7H8N4O2S. The van der Waals surface area contributed by atoms with Gasteiger partial charge in [0, 0.05) is 16.7 Å². The summed E-state index contributed by atoms with van der Waals surface area (Å²) >= 11 is 1.38. The first-order chi connectivity index (χ1) is 6.72. The van der Waals surface area contributed by atoms with Crippen molar-refractivity contribution in [2.24, 2.45) is 5.11 Å². The van der Waals surface area contributed by atoms with Gasteiger partial charge in [-0.25, -0.2) is 4.98 Å². The summed E-state index contributed by atoms with van der Waals surface area (Å²) < 4.78 is 0. The van der Waals surface area contributed by atoms with E-state index in [0.717, 1.165) is 5.01 Å². The molecule has 0 spiro atoms. The van der Waals surface area contributed by atoms with E-state index in [1.807, 2.05) is 0 Å². The van der Waals surface area contributed by atoms with Crippen LogP contribution in [0.1, 0.15) is 17.1 Å². The van der Waals surface area contributed by atoms with Crippen LogP contribution in [-0.4, -0.2) is 16.1 Å². The summed E-state index contributed by atoms with van der Waals surface area (Å²) in [6.07, 6.45) is 0.505. The molecule has 0 bridgehead atoms. The third-order valence-corrected chi connectivity index (χ3v) is 2.41. The number of carboxylic acid groups (broad SMARTS) is 1. The van der Waals surface area contributed by atoms with Gasteiger partial charge in [-0.05, 0) is 5.53 Å². The van der Waals surface area contributed by atoms with Gasteiger partial charge in [-0.15, -0.1) is 11.3 Å². The van der Waals surface area contributed by atoms with E-state index in [2.05, 4.69) is 15.0 Å². The van der Waals surface area contributed by atoms with E-state index in [9.17, 15) is 4.79 Å². The van der Waals surface area contributed by atoms with Gasteiger partial charge < -0.3 is 5.11 Å². The number of carbonyl (C=O) groups is 1. The average molecular weight is 212 g/mol. The molecule has 0 fully saturated rings. The largest absolute Gasteiger partial charge is 0.481 e. The SMILES string of the molecule is [N-]=[N+]=NCc1csc(CCC(=O)O)n1. The Labute approximate surface area is 83.8 Å². The fourth-order valence-corrected chi connectivity index (χ4v) is 1.64. The predicted molar refractivity (Wildman–Crippen MR) is 50.9 cm³/mol. The van der Waals surface area contributed by atoms with Gasteiger partial charge in [-0.3, -0.25) is 4.79 Å². The van der Waals surface area contributed by atoms with Crippen molar-refractivity contribution in [3.05, 3.63) is 26.5 Å². The first-order valence-corrected chi connectivity index (χ1v) is 4.76. The van der Waals surface area contributed by atoms with Crippen LogP contribution < -0.4 is 0 Å². The van der Waals surface area contributed by atoms with Crippen LogP contribution in [0.15, 0.2) is 10.5 Å². The van der Waals surface area contributed by atoms with E-state index in [0.29, 0.717) is 12.1 Å². The number of carboxylic acids is 1. The summed E-state index contributed by atoms with van der Waals surface area (Å²) in [5, 5.41) is 14.3. The molecule has 0 aliphatic carbocycles. The van der Waals surface area contributed by atoms with Gasteiger partial charge in [0.05, 0.1) is 23.7 Å². The Balaban J connectivity index is 2.50. The van der Waals surface area contributed by atoms with E-state index in [4.69, 9.17) is 10.6 Å². The maximum Gasteiger partial charge on any atom is 0.303 e. The summed E-state index contributed by atoms with van der Waals surface area (Å²) in [5.74, 6) is -0.836. The van der Waals surface area contributed by atoms with Gasteiger partial charge in [-0.1, -0.05) is 5.11 Å². The lowest BCUT2D eigenvalue weighted by Gasteiger charge is -1.90.